The summed E-state index contributed by atoms with van der Waals surface area (Å²) in [6.45, 7) is 11.6. The van der Waals surface area contributed by atoms with Crippen molar-refractivity contribution >= 4 is 0 Å². The Labute approximate surface area is 94.6 Å². The van der Waals surface area contributed by atoms with Crippen LogP contribution in [0.4, 0.5) is 0 Å². The second-order valence-electron chi connectivity index (χ2n) is 5.33. The SMILES string of the molecule is CC(C)N(CCO)CCCC(C)(C)CN. The first kappa shape index (κ1) is 14.9. The van der Waals surface area contributed by atoms with Crippen LogP contribution in [0.15, 0.2) is 0 Å². The van der Waals surface area contributed by atoms with E-state index < -0.39 is 0 Å². The molecule has 0 bridgehead atoms. The average Bonchev–Trinajstić information content (AvgIpc) is 2.16. The number of hydrogen-bond donors (Lipinski definition) is 2. The maximum atomic E-state index is 8.93. The van der Waals surface area contributed by atoms with Crippen molar-refractivity contribution in [2.45, 2.75) is 46.6 Å². The van der Waals surface area contributed by atoms with Crippen molar-refractivity contribution in [2.75, 3.05) is 26.2 Å². The molecule has 0 radical (unpaired) electrons. The smallest absolute Gasteiger partial charge is 0.0558 e. The van der Waals surface area contributed by atoms with Gasteiger partial charge in [0.15, 0.2) is 0 Å². The molecule has 0 aromatic heterocycles. The van der Waals surface area contributed by atoms with Crippen LogP contribution < -0.4 is 5.73 Å². The molecule has 0 aromatic rings. The van der Waals surface area contributed by atoms with E-state index in [1.807, 2.05) is 0 Å². The van der Waals surface area contributed by atoms with Crippen molar-refractivity contribution in [1.82, 2.24) is 4.90 Å². The van der Waals surface area contributed by atoms with Crippen molar-refractivity contribution in [2.24, 2.45) is 11.1 Å². The van der Waals surface area contributed by atoms with E-state index in [1.165, 1.54) is 0 Å². The lowest BCUT2D eigenvalue weighted by Gasteiger charge is -2.28. The van der Waals surface area contributed by atoms with Crippen molar-refractivity contribution in [1.29, 1.82) is 0 Å². The van der Waals surface area contributed by atoms with Gasteiger partial charge in [0.2, 0.25) is 0 Å². The number of nitrogens with two attached hydrogens (primary N) is 1. The average molecular weight is 216 g/mol. The molecule has 0 spiro atoms. The highest BCUT2D eigenvalue weighted by Crippen LogP contribution is 2.20. The zero-order chi connectivity index (χ0) is 11.9. The summed E-state index contributed by atoms with van der Waals surface area (Å²) in [4.78, 5) is 2.31. The molecule has 0 aromatic carbocycles. The van der Waals surface area contributed by atoms with Gasteiger partial charge in [0.05, 0.1) is 6.61 Å². The van der Waals surface area contributed by atoms with E-state index in [4.69, 9.17) is 10.8 Å². The zero-order valence-electron chi connectivity index (χ0n) is 10.8. The van der Waals surface area contributed by atoms with Gasteiger partial charge in [-0.05, 0) is 45.2 Å². The van der Waals surface area contributed by atoms with Crippen LogP contribution in [0.25, 0.3) is 0 Å². The zero-order valence-corrected chi connectivity index (χ0v) is 10.8. The van der Waals surface area contributed by atoms with Gasteiger partial charge in [-0.3, -0.25) is 4.90 Å². The van der Waals surface area contributed by atoms with Gasteiger partial charge < -0.3 is 10.8 Å². The van der Waals surface area contributed by atoms with Crippen LogP contribution in [0.1, 0.15) is 40.5 Å². The first-order valence-electron chi connectivity index (χ1n) is 5.98. The number of aliphatic hydroxyl groups is 1. The summed E-state index contributed by atoms with van der Waals surface area (Å²) in [6, 6.07) is 0.512. The van der Waals surface area contributed by atoms with Crippen LogP contribution in [0.3, 0.4) is 0 Å². The van der Waals surface area contributed by atoms with E-state index in [9.17, 15) is 0 Å². The number of aliphatic hydroxyl groups excluding tert-OH is 1. The summed E-state index contributed by atoms with van der Waals surface area (Å²) in [6.07, 6.45) is 2.31. The molecule has 3 N–H and O–H groups in total. The van der Waals surface area contributed by atoms with Gasteiger partial charge in [0.1, 0.15) is 0 Å². The van der Waals surface area contributed by atoms with Crippen molar-refractivity contribution in [3.05, 3.63) is 0 Å². The topological polar surface area (TPSA) is 49.5 Å². The highest BCUT2D eigenvalue weighted by atomic mass is 16.3. The Bertz CT molecular complexity index is 158. The minimum absolute atomic E-state index is 0.248. The number of rotatable bonds is 8. The maximum Gasteiger partial charge on any atom is 0.0558 e. The molecule has 3 nitrogen and oxygen atoms in total. The Morgan fingerprint density at radius 3 is 2.27 bits per heavy atom. The van der Waals surface area contributed by atoms with E-state index in [-0.39, 0.29) is 12.0 Å². The third kappa shape index (κ3) is 6.88. The van der Waals surface area contributed by atoms with Crippen LogP contribution in [-0.4, -0.2) is 42.3 Å². The van der Waals surface area contributed by atoms with Gasteiger partial charge in [-0.1, -0.05) is 13.8 Å². The molecule has 92 valence electrons. The van der Waals surface area contributed by atoms with E-state index >= 15 is 0 Å². The standard InChI is InChI=1S/C12H28N2O/c1-11(2)14(8-9-15)7-5-6-12(3,4)10-13/h11,15H,5-10,13H2,1-4H3. The van der Waals surface area contributed by atoms with Crippen molar-refractivity contribution in [3.63, 3.8) is 0 Å². The predicted octanol–water partition coefficient (Wildman–Crippen LogP) is 1.45. The highest BCUT2D eigenvalue weighted by Gasteiger charge is 2.16. The molecular weight excluding hydrogens is 188 g/mol. The lowest BCUT2D eigenvalue weighted by molar-refractivity contribution is 0.157. The monoisotopic (exact) mass is 216 g/mol. The van der Waals surface area contributed by atoms with Crippen LogP contribution in [0, 0.1) is 5.41 Å². The molecule has 0 fully saturated rings. The van der Waals surface area contributed by atoms with Crippen LogP contribution in [-0.2, 0) is 0 Å². The van der Waals surface area contributed by atoms with Crippen LogP contribution >= 0.6 is 0 Å². The molecule has 0 amide bonds. The Kier molecular flexibility index (Phi) is 7.14. The van der Waals surface area contributed by atoms with Crippen molar-refractivity contribution < 1.29 is 5.11 Å². The lowest BCUT2D eigenvalue weighted by Crippen LogP contribution is -2.35. The molecule has 0 aliphatic carbocycles. The maximum absolute atomic E-state index is 8.93. The Hall–Kier alpha value is -0.120. The second-order valence-corrected chi connectivity index (χ2v) is 5.33. The van der Waals surface area contributed by atoms with Gasteiger partial charge in [0, 0.05) is 12.6 Å². The number of nitrogens with zero attached hydrogens (tertiary/aromatic N) is 1. The fourth-order valence-corrected chi connectivity index (χ4v) is 1.62. The molecule has 0 saturated heterocycles. The predicted molar refractivity (Wildman–Crippen MR) is 65.9 cm³/mol. The van der Waals surface area contributed by atoms with Gasteiger partial charge in [-0.15, -0.1) is 0 Å². The first-order chi connectivity index (χ1) is 6.93. The fraction of sp³-hybridized carbons (Fsp3) is 1.00. The molecule has 0 atom stereocenters. The van der Waals surface area contributed by atoms with Gasteiger partial charge in [-0.2, -0.15) is 0 Å². The van der Waals surface area contributed by atoms with Crippen LogP contribution in [0.2, 0.25) is 0 Å². The quantitative estimate of drug-likeness (QED) is 0.646. The minimum Gasteiger partial charge on any atom is -0.395 e. The summed E-state index contributed by atoms with van der Waals surface area (Å²) in [5, 5.41) is 8.93. The second kappa shape index (κ2) is 7.20. The van der Waals surface area contributed by atoms with Gasteiger partial charge >= 0.3 is 0 Å². The summed E-state index contributed by atoms with van der Waals surface area (Å²) in [5.41, 5.74) is 5.94. The lowest BCUT2D eigenvalue weighted by atomic mass is 9.88. The first-order valence-corrected chi connectivity index (χ1v) is 5.98. The third-order valence-electron chi connectivity index (χ3n) is 2.97. The summed E-state index contributed by atoms with van der Waals surface area (Å²) < 4.78 is 0. The molecule has 0 aliphatic rings. The largest absolute Gasteiger partial charge is 0.395 e. The molecule has 0 unspecified atom stereocenters. The molecular formula is C12H28N2O. The van der Waals surface area contributed by atoms with E-state index in [1.54, 1.807) is 0 Å². The van der Waals surface area contributed by atoms with Crippen molar-refractivity contribution in [3.8, 4) is 0 Å². The van der Waals surface area contributed by atoms with E-state index in [0.717, 1.165) is 32.5 Å². The molecule has 0 saturated carbocycles. The molecule has 15 heavy (non-hydrogen) atoms. The third-order valence-corrected chi connectivity index (χ3v) is 2.97. The normalized spacial score (nSPS) is 12.8. The Balaban J connectivity index is 3.80. The molecule has 0 aliphatic heterocycles. The minimum atomic E-state index is 0.248. The molecule has 3 heteroatoms. The Morgan fingerprint density at radius 1 is 1.27 bits per heavy atom. The summed E-state index contributed by atoms with van der Waals surface area (Å²) >= 11 is 0. The van der Waals surface area contributed by atoms with E-state index in [2.05, 4.69) is 32.6 Å². The number of hydrogen-bond acceptors (Lipinski definition) is 3. The summed E-state index contributed by atoms with van der Waals surface area (Å²) in [7, 11) is 0. The molecule has 0 rings (SSSR count). The van der Waals surface area contributed by atoms with Gasteiger partial charge in [0.25, 0.3) is 0 Å². The van der Waals surface area contributed by atoms with E-state index in [0.29, 0.717) is 6.04 Å². The van der Waals surface area contributed by atoms with Crippen LogP contribution in [0.5, 0.6) is 0 Å². The highest BCUT2D eigenvalue weighted by molar-refractivity contribution is 4.71. The summed E-state index contributed by atoms with van der Waals surface area (Å²) in [5.74, 6) is 0. The van der Waals surface area contributed by atoms with Gasteiger partial charge in [-0.25, -0.2) is 0 Å². The molecule has 0 heterocycles. The Morgan fingerprint density at radius 2 is 1.87 bits per heavy atom. The fourth-order valence-electron chi connectivity index (χ4n) is 1.62.